The van der Waals surface area contributed by atoms with Crippen molar-refractivity contribution in [1.82, 2.24) is 10.2 Å². The summed E-state index contributed by atoms with van der Waals surface area (Å²) >= 11 is 0. The summed E-state index contributed by atoms with van der Waals surface area (Å²) in [6.07, 6.45) is 1.71. The van der Waals surface area contributed by atoms with Crippen molar-refractivity contribution in [3.05, 3.63) is 65.5 Å². The molecule has 9 heteroatoms. The highest BCUT2D eigenvalue weighted by molar-refractivity contribution is 7.92. The zero-order valence-electron chi connectivity index (χ0n) is 19.7. The maximum atomic E-state index is 13.4. The average molecular weight is 478 g/mol. The number of halogens is 1. The van der Waals surface area contributed by atoms with Gasteiger partial charge in [-0.2, -0.15) is 0 Å². The van der Waals surface area contributed by atoms with Gasteiger partial charge in [0.2, 0.25) is 21.8 Å². The first-order valence-electron chi connectivity index (χ1n) is 10.8. The lowest BCUT2D eigenvalue weighted by Crippen LogP contribution is -2.52. The molecule has 0 aliphatic heterocycles. The van der Waals surface area contributed by atoms with E-state index in [1.54, 1.807) is 6.92 Å². The number of benzene rings is 2. The van der Waals surface area contributed by atoms with Gasteiger partial charge in [-0.15, -0.1) is 0 Å². The Morgan fingerprint density at radius 2 is 1.67 bits per heavy atom. The largest absolute Gasteiger partial charge is 0.352 e. The van der Waals surface area contributed by atoms with Gasteiger partial charge in [-0.05, 0) is 62.6 Å². The van der Waals surface area contributed by atoms with Gasteiger partial charge in [0.25, 0.3) is 0 Å². The molecular formula is C24H32FN3O4S. The van der Waals surface area contributed by atoms with E-state index in [1.165, 1.54) is 17.0 Å². The molecule has 0 spiro atoms. The van der Waals surface area contributed by atoms with Crippen LogP contribution in [0.1, 0.15) is 38.3 Å². The first-order valence-corrected chi connectivity index (χ1v) is 12.7. The van der Waals surface area contributed by atoms with Gasteiger partial charge in [0.05, 0.1) is 11.9 Å². The van der Waals surface area contributed by atoms with Crippen molar-refractivity contribution < 1.29 is 22.4 Å². The van der Waals surface area contributed by atoms with Crippen LogP contribution in [0.5, 0.6) is 0 Å². The van der Waals surface area contributed by atoms with Crippen LogP contribution in [-0.2, 0) is 26.2 Å². The normalized spacial score (nSPS) is 13.2. The van der Waals surface area contributed by atoms with Crippen molar-refractivity contribution in [2.45, 2.75) is 52.7 Å². The maximum Gasteiger partial charge on any atom is 0.244 e. The Balaban J connectivity index is 2.39. The maximum absolute atomic E-state index is 13.4. The van der Waals surface area contributed by atoms with Crippen LogP contribution in [0.2, 0.25) is 0 Å². The molecule has 2 atom stereocenters. The van der Waals surface area contributed by atoms with Gasteiger partial charge < -0.3 is 10.2 Å². The van der Waals surface area contributed by atoms with Crippen LogP contribution in [0.25, 0.3) is 0 Å². The Kier molecular flexibility index (Phi) is 8.99. The van der Waals surface area contributed by atoms with E-state index in [0.717, 1.165) is 40.2 Å². The number of hydrogen-bond acceptors (Lipinski definition) is 4. The third-order valence-corrected chi connectivity index (χ3v) is 6.70. The smallest absolute Gasteiger partial charge is 0.244 e. The van der Waals surface area contributed by atoms with E-state index >= 15 is 0 Å². The quantitative estimate of drug-likeness (QED) is 0.569. The van der Waals surface area contributed by atoms with Crippen molar-refractivity contribution >= 4 is 27.5 Å². The van der Waals surface area contributed by atoms with Crippen molar-refractivity contribution in [3.8, 4) is 0 Å². The minimum atomic E-state index is -3.85. The summed E-state index contributed by atoms with van der Waals surface area (Å²) in [5.41, 5.74) is 1.96. The van der Waals surface area contributed by atoms with E-state index in [0.29, 0.717) is 0 Å². The van der Waals surface area contributed by atoms with Crippen molar-refractivity contribution in [2.24, 2.45) is 0 Å². The average Bonchev–Trinajstić information content (AvgIpc) is 2.76. The lowest BCUT2D eigenvalue weighted by atomic mass is 10.1. The van der Waals surface area contributed by atoms with Gasteiger partial charge in [0.1, 0.15) is 18.4 Å². The summed E-state index contributed by atoms with van der Waals surface area (Å²) in [4.78, 5) is 27.6. The number of carbonyl (C=O) groups is 2. The molecule has 33 heavy (non-hydrogen) atoms. The Labute approximate surface area is 195 Å². The molecule has 2 aromatic carbocycles. The van der Waals surface area contributed by atoms with E-state index in [1.807, 2.05) is 45.0 Å². The van der Waals surface area contributed by atoms with Gasteiger partial charge >= 0.3 is 0 Å². The molecule has 2 amide bonds. The van der Waals surface area contributed by atoms with Gasteiger partial charge in [0.15, 0.2) is 0 Å². The third kappa shape index (κ3) is 7.28. The lowest BCUT2D eigenvalue weighted by Gasteiger charge is -2.32. The Bertz CT molecular complexity index is 1070. The predicted octanol–water partition coefficient (Wildman–Crippen LogP) is 3.23. The second-order valence-electron chi connectivity index (χ2n) is 8.19. The molecule has 7 nitrogen and oxygen atoms in total. The SMILES string of the molecule is CC[C@H](C)NC(=O)[C@@H](C)N(Cc1ccccc1C)C(=O)CN(c1ccc(F)cc1)S(C)(=O)=O. The number of amides is 2. The number of rotatable bonds is 10. The number of aryl methyl sites for hydroxylation is 1. The highest BCUT2D eigenvalue weighted by Gasteiger charge is 2.30. The molecule has 2 rings (SSSR count). The molecule has 0 fully saturated rings. The first-order chi connectivity index (χ1) is 15.4. The van der Waals surface area contributed by atoms with Crippen LogP contribution >= 0.6 is 0 Å². The first kappa shape index (κ1) is 26.3. The van der Waals surface area contributed by atoms with E-state index in [9.17, 15) is 22.4 Å². The zero-order valence-corrected chi connectivity index (χ0v) is 20.5. The van der Waals surface area contributed by atoms with Gasteiger partial charge in [0, 0.05) is 12.6 Å². The van der Waals surface area contributed by atoms with Gasteiger partial charge in [-0.25, -0.2) is 12.8 Å². The summed E-state index contributed by atoms with van der Waals surface area (Å²) in [6, 6.07) is 11.5. The number of hydrogen-bond donors (Lipinski definition) is 1. The summed E-state index contributed by atoms with van der Waals surface area (Å²) in [5, 5.41) is 2.88. The van der Waals surface area contributed by atoms with Crippen LogP contribution in [0.4, 0.5) is 10.1 Å². The van der Waals surface area contributed by atoms with Gasteiger partial charge in [-0.3, -0.25) is 13.9 Å². The molecular weight excluding hydrogens is 445 g/mol. The van der Waals surface area contributed by atoms with Crippen LogP contribution in [0, 0.1) is 12.7 Å². The molecule has 0 aliphatic rings. The minimum Gasteiger partial charge on any atom is -0.352 e. The molecule has 2 aromatic rings. The second-order valence-corrected chi connectivity index (χ2v) is 10.1. The number of sulfonamides is 1. The summed E-state index contributed by atoms with van der Waals surface area (Å²) < 4.78 is 39.2. The van der Waals surface area contributed by atoms with Crippen molar-refractivity contribution in [1.29, 1.82) is 0 Å². The molecule has 0 saturated heterocycles. The zero-order chi connectivity index (χ0) is 24.8. The predicted molar refractivity (Wildman–Crippen MR) is 128 cm³/mol. The number of nitrogens with one attached hydrogen (secondary N) is 1. The fraction of sp³-hybridized carbons (Fsp3) is 0.417. The summed E-state index contributed by atoms with van der Waals surface area (Å²) in [7, 11) is -3.85. The topological polar surface area (TPSA) is 86.8 Å². The molecule has 0 radical (unpaired) electrons. The highest BCUT2D eigenvalue weighted by atomic mass is 32.2. The van der Waals surface area contributed by atoms with E-state index in [2.05, 4.69) is 5.32 Å². The van der Waals surface area contributed by atoms with Crippen LogP contribution < -0.4 is 9.62 Å². The molecule has 0 aromatic heterocycles. The lowest BCUT2D eigenvalue weighted by molar-refractivity contribution is -0.139. The van der Waals surface area contributed by atoms with Crippen LogP contribution in [0.15, 0.2) is 48.5 Å². The fourth-order valence-electron chi connectivity index (χ4n) is 3.24. The fourth-order valence-corrected chi connectivity index (χ4v) is 4.09. The van der Waals surface area contributed by atoms with E-state index in [-0.39, 0.29) is 24.2 Å². The van der Waals surface area contributed by atoms with E-state index in [4.69, 9.17) is 0 Å². The molecule has 1 N–H and O–H groups in total. The highest BCUT2D eigenvalue weighted by Crippen LogP contribution is 2.20. The van der Waals surface area contributed by atoms with Crippen molar-refractivity contribution in [2.75, 3.05) is 17.1 Å². The minimum absolute atomic E-state index is 0.0675. The Hall–Kier alpha value is -2.94. The number of carbonyl (C=O) groups excluding carboxylic acids is 2. The molecule has 0 unspecified atom stereocenters. The Morgan fingerprint density at radius 1 is 1.06 bits per heavy atom. The summed E-state index contributed by atoms with van der Waals surface area (Å²) in [6.45, 7) is 6.97. The van der Waals surface area contributed by atoms with Crippen LogP contribution in [0.3, 0.4) is 0 Å². The van der Waals surface area contributed by atoms with Crippen LogP contribution in [-0.4, -0.2) is 50.0 Å². The third-order valence-electron chi connectivity index (χ3n) is 5.56. The van der Waals surface area contributed by atoms with E-state index < -0.39 is 34.3 Å². The van der Waals surface area contributed by atoms with Gasteiger partial charge in [-0.1, -0.05) is 31.2 Å². The summed E-state index contributed by atoms with van der Waals surface area (Å²) in [5.74, 6) is -1.38. The van der Waals surface area contributed by atoms with Crippen molar-refractivity contribution in [3.63, 3.8) is 0 Å². The molecule has 0 heterocycles. The molecule has 0 saturated carbocycles. The number of anilines is 1. The molecule has 0 aliphatic carbocycles. The molecule has 180 valence electrons. The number of nitrogens with zero attached hydrogens (tertiary/aromatic N) is 2. The molecule has 0 bridgehead atoms. The monoisotopic (exact) mass is 477 g/mol. The Morgan fingerprint density at radius 3 is 2.21 bits per heavy atom. The second kappa shape index (κ2) is 11.3. The standard InChI is InChI=1S/C24H32FN3O4S/c1-6-18(3)26-24(30)19(4)27(15-20-10-8-7-9-17(20)2)23(29)16-28(33(5,31)32)22-13-11-21(25)12-14-22/h7-14,18-19H,6,15-16H2,1-5H3,(H,26,30)/t18-,19+/m0/s1.